The van der Waals surface area contributed by atoms with Gasteiger partial charge in [0, 0.05) is 4.47 Å². The number of hydrazone groups is 1. The number of hydrogen-bond acceptors (Lipinski definition) is 2. The Hall–Kier alpha value is -2.53. The van der Waals surface area contributed by atoms with Gasteiger partial charge in [0.15, 0.2) is 0 Å². The van der Waals surface area contributed by atoms with Gasteiger partial charge in [0.05, 0.1) is 12.6 Å². The van der Waals surface area contributed by atoms with Crippen molar-refractivity contribution in [2.45, 2.75) is 6.42 Å². The Morgan fingerprint density at radius 2 is 1.75 bits per heavy atom. The van der Waals surface area contributed by atoms with Gasteiger partial charge in [-0.15, -0.1) is 0 Å². The zero-order valence-corrected chi connectivity index (χ0v) is 14.3. The lowest BCUT2D eigenvalue weighted by Gasteiger charge is -2.07. The van der Waals surface area contributed by atoms with Crippen molar-refractivity contribution >= 4 is 38.8 Å². The first kappa shape index (κ1) is 16.3. The monoisotopic (exact) mass is 384 g/mol. The molecule has 0 aromatic heterocycles. The molecule has 3 nitrogen and oxygen atoms in total. The minimum atomic E-state index is -0.307. The van der Waals surface area contributed by atoms with Crippen LogP contribution in [0.15, 0.2) is 70.2 Å². The lowest BCUT2D eigenvalue weighted by atomic mass is 10.0. The molecule has 3 aromatic carbocycles. The molecule has 0 aliphatic carbocycles. The second-order valence-corrected chi connectivity index (χ2v) is 6.13. The van der Waals surface area contributed by atoms with Crippen LogP contribution in [0.5, 0.6) is 0 Å². The topological polar surface area (TPSA) is 41.5 Å². The Labute approximate surface area is 147 Å². The SMILES string of the molecule is O=C(Cc1ccc(Br)c2ccccc12)N/N=C\c1ccc(F)cc1. The van der Waals surface area contributed by atoms with E-state index in [1.165, 1.54) is 18.3 Å². The number of nitrogens with one attached hydrogen (secondary N) is 1. The van der Waals surface area contributed by atoms with Crippen LogP contribution >= 0.6 is 15.9 Å². The van der Waals surface area contributed by atoms with Crippen LogP contribution in [0.4, 0.5) is 4.39 Å². The summed E-state index contributed by atoms with van der Waals surface area (Å²) in [5.74, 6) is -0.515. The molecule has 3 rings (SSSR count). The normalized spacial score (nSPS) is 11.1. The highest BCUT2D eigenvalue weighted by atomic mass is 79.9. The average Bonchev–Trinajstić information content (AvgIpc) is 2.59. The van der Waals surface area contributed by atoms with Crippen molar-refractivity contribution in [3.63, 3.8) is 0 Å². The summed E-state index contributed by atoms with van der Waals surface area (Å²) in [5.41, 5.74) is 4.15. The van der Waals surface area contributed by atoms with Crippen molar-refractivity contribution in [3.05, 3.63) is 82.1 Å². The van der Waals surface area contributed by atoms with E-state index in [1.807, 2.05) is 36.4 Å². The summed E-state index contributed by atoms with van der Waals surface area (Å²) in [4.78, 5) is 12.1. The molecule has 120 valence electrons. The smallest absolute Gasteiger partial charge is 0.244 e. The van der Waals surface area contributed by atoms with Crippen LogP contribution in [0.3, 0.4) is 0 Å². The first-order chi connectivity index (χ1) is 11.6. The Bertz CT molecular complexity index is 907. The molecular formula is C19H14BrFN2O. The summed E-state index contributed by atoms with van der Waals surface area (Å²) in [6.07, 6.45) is 1.71. The Balaban J connectivity index is 1.69. The summed E-state index contributed by atoms with van der Waals surface area (Å²) in [6.45, 7) is 0. The molecule has 0 saturated carbocycles. The van der Waals surface area contributed by atoms with Crippen LogP contribution in [0, 0.1) is 5.82 Å². The standard InChI is InChI=1S/C19H14BrFN2O/c20-18-10-7-14(16-3-1-2-4-17(16)18)11-19(24)23-22-12-13-5-8-15(21)9-6-13/h1-10,12H,11H2,(H,23,24)/b22-12-. The largest absolute Gasteiger partial charge is 0.273 e. The van der Waals surface area contributed by atoms with Gasteiger partial charge in [0.1, 0.15) is 5.82 Å². The van der Waals surface area contributed by atoms with E-state index in [0.717, 1.165) is 20.8 Å². The molecule has 0 atom stereocenters. The fraction of sp³-hybridized carbons (Fsp3) is 0.0526. The van der Waals surface area contributed by atoms with Crippen LogP contribution in [0.2, 0.25) is 0 Å². The maximum absolute atomic E-state index is 12.8. The summed E-state index contributed by atoms with van der Waals surface area (Å²) in [5, 5.41) is 6.01. The second-order valence-electron chi connectivity index (χ2n) is 5.27. The minimum absolute atomic E-state index is 0.208. The molecule has 0 aliphatic heterocycles. The molecule has 3 aromatic rings. The molecule has 24 heavy (non-hydrogen) atoms. The highest BCUT2D eigenvalue weighted by Crippen LogP contribution is 2.27. The van der Waals surface area contributed by atoms with Crippen LogP contribution in [-0.4, -0.2) is 12.1 Å². The molecule has 0 radical (unpaired) electrons. The van der Waals surface area contributed by atoms with Crippen LogP contribution < -0.4 is 5.43 Å². The number of halogens is 2. The number of fused-ring (bicyclic) bond motifs is 1. The summed E-state index contributed by atoms with van der Waals surface area (Å²) >= 11 is 3.52. The number of nitrogens with zero attached hydrogens (tertiary/aromatic N) is 1. The van der Waals surface area contributed by atoms with E-state index in [2.05, 4.69) is 26.5 Å². The quantitative estimate of drug-likeness (QED) is 0.524. The predicted octanol–water partition coefficient (Wildman–Crippen LogP) is 4.43. The van der Waals surface area contributed by atoms with Crippen molar-refractivity contribution in [2.24, 2.45) is 5.10 Å². The van der Waals surface area contributed by atoms with Crippen LogP contribution in [0.1, 0.15) is 11.1 Å². The molecule has 0 unspecified atom stereocenters. The molecule has 0 aliphatic rings. The Morgan fingerprint density at radius 1 is 1.04 bits per heavy atom. The maximum atomic E-state index is 12.8. The minimum Gasteiger partial charge on any atom is -0.273 e. The predicted molar refractivity (Wildman–Crippen MR) is 97.5 cm³/mol. The van der Waals surface area contributed by atoms with Gasteiger partial charge in [-0.25, -0.2) is 9.82 Å². The van der Waals surface area contributed by atoms with Gasteiger partial charge in [-0.05, 0) is 40.1 Å². The zero-order chi connectivity index (χ0) is 16.9. The van der Waals surface area contributed by atoms with Gasteiger partial charge in [-0.1, -0.05) is 58.4 Å². The van der Waals surface area contributed by atoms with E-state index >= 15 is 0 Å². The number of amides is 1. The molecular weight excluding hydrogens is 371 g/mol. The van der Waals surface area contributed by atoms with E-state index in [0.29, 0.717) is 5.56 Å². The van der Waals surface area contributed by atoms with Gasteiger partial charge in [-0.3, -0.25) is 4.79 Å². The van der Waals surface area contributed by atoms with Gasteiger partial charge in [0.2, 0.25) is 5.91 Å². The van der Waals surface area contributed by atoms with E-state index < -0.39 is 0 Å². The second kappa shape index (κ2) is 7.36. The number of hydrogen-bond donors (Lipinski definition) is 1. The third-order valence-corrected chi connectivity index (χ3v) is 4.28. The van der Waals surface area contributed by atoms with Crippen molar-refractivity contribution in [1.82, 2.24) is 5.43 Å². The van der Waals surface area contributed by atoms with Crippen LogP contribution in [-0.2, 0) is 11.2 Å². The van der Waals surface area contributed by atoms with E-state index in [-0.39, 0.29) is 18.1 Å². The Kier molecular flexibility index (Phi) is 5.01. The average molecular weight is 385 g/mol. The lowest BCUT2D eigenvalue weighted by Crippen LogP contribution is -2.19. The molecule has 5 heteroatoms. The fourth-order valence-corrected chi connectivity index (χ4v) is 2.90. The lowest BCUT2D eigenvalue weighted by molar-refractivity contribution is -0.120. The number of rotatable bonds is 4. The number of benzene rings is 3. The maximum Gasteiger partial charge on any atom is 0.244 e. The van der Waals surface area contributed by atoms with Crippen molar-refractivity contribution in [2.75, 3.05) is 0 Å². The molecule has 0 spiro atoms. The highest BCUT2D eigenvalue weighted by Gasteiger charge is 2.08. The third kappa shape index (κ3) is 3.86. The molecule has 0 fully saturated rings. The zero-order valence-electron chi connectivity index (χ0n) is 12.7. The summed E-state index contributed by atoms with van der Waals surface area (Å²) < 4.78 is 13.8. The number of carbonyl (C=O) groups is 1. The highest BCUT2D eigenvalue weighted by molar-refractivity contribution is 9.10. The van der Waals surface area contributed by atoms with Crippen molar-refractivity contribution in [1.29, 1.82) is 0 Å². The van der Waals surface area contributed by atoms with E-state index in [4.69, 9.17) is 0 Å². The molecule has 0 heterocycles. The fourth-order valence-electron chi connectivity index (χ4n) is 2.42. The first-order valence-corrected chi connectivity index (χ1v) is 8.16. The van der Waals surface area contributed by atoms with Crippen molar-refractivity contribution in [3.8, 4) is 0 Å². The van der Waals surface area contributed by atoms with Gasteiger partial charge < -0.3 is 0 Å². The third-order valence-electron chi connectivity index (χ3n) is 3.59. The number of carbonyl (C=O) groups excluding carboxylic acids is 1. The van der Waals surface area contributed by atoms with E-state index in [1.54, 1.807) is 12.1 Å². The van der Waals surface area contributed by atoms with E-state index in [9.17, 15) is 9.18 Å². The van der Waals surface area contributed by atoms with Gasteiger partial charge >= 0.3 is 0 Å². The Morgan fingerprint density at radius 3 is 2.50 bits per heavy atom. The summed E-state index contributed by atoms with van der Waals surface area (Å²) in [6, 6.07) is 17.6. The molecule has 0 saturated heterocycles. The first-order valence-electron chi connectivity index (χ1n) is 7.37. The molecule has 1 N–H and O–H groups in total. The molecule has 0 bridgehead atoms. The van der Waals surface area contributed by atoms with Gasteiger partial charge in [-0.2, -0.15) is 5.10 Å². The van der Waals surface area contributed by atoms with Crippen LogP contribution in [0.25, 0.3) is 10.8 Å². The van der Waals surface area contributed by atoms with Gasteiger partial charge in [0.25, 0.3) is 0 Å². The van der Waals surface area contributed by atoms with Crippen molar-refractivity contribution < 1.29 is 9.18 Å². The summed E-state index contributed by atoms with van der Waals surface area (Å²) in [7, 11) is 0. The molecule has 1 amide bonds.